The van der Waals surface area contributed by atoms with E-state index >= 15 is 0 Å². The summed E-state index contributed by atoms with van der Waals surface area (Å²) in [4.78, 5) is 21.4. The van der Waals surface area contributed by atoms with Crippen molar-refractivity contribution in [1.82, 2.24) is 9.88 Å². The van der Waals surface area contributed by atoms with Crippen LogP contribution < -0.4 is 25.4 Å². The van der Waals surface area contributed by atoms with Crippen molar-refractivity contribution in [2.45, 2.75) is 58.3 Å². The summed E-state index contributed by atoms with van der Waals surface area (Å²) in [6.07, 6.45) is 3.35. The van der Waals surface area contributed by atoms with Gasteiger partial charge in [0.2, 0.25) is 0 Å². The van der Waals surface area contributed by atoms with Gasteiger partial charge in [-0.1, -0.05) is 24.3 Å². The first-order chi connectivity index (χ1) is 19.2. The Balaban J connectivity index is 1.54. The molecule has 1 fully saturated rings. The maximum absolute atomic E-state index is 12.7. The molecule has 0 spiro atoms. The fourth-order valence-electron chi connectivity index (χ4n) is 4.81. The lowest BCUT2D eigenvalue weighted by atomic mass is 10.1. The molecule has 0 bridgehead atoms. The van der Waals surface area contributed by atoms with E-state index in [2.05, 4.69) is 15.2 Å². The van der Waals surface area contributed by atoms with E-state index in [0.29, 0.717) is 37.7 Å². The predicted octanol–water partition coefficient (Wildman–Crippen LogP) is 5.70. The van der Waals surface area contributed by atoms with Gasteiger partial charge in [0.05, 0.1) is 31.6 Å². The number of benzene rings is 2. The highest BCUT2D eigenvalue weighted by Gasteiger charge is 2.32. The van der Waals surface area contributed by atoms with E-state index in [-0.39, 0.29) is 12.1 Å². The van der Waals surface area contributed by atoms with Gasteiger partial charge in [-0.15, -0.1) is 0 Å². The van der Waals surface area contributed by atoms with Crippen molar-refractivity contribution in [1.29, 1.82) is 0 Å². The highest BCUT2D eigenvalue weighted by molar-refractivity contribution is 5.78. The molecule has 0 unspecified atom stereocenters. The Bertz CT molecular complexity index is 1210. The van der Waals surface area contributed by atoms with Gasteiger partial charge in [-0.05, 0) is 75.1 Å². The molecule has 1 atom stereocenters. The van der Waals surface area contributed by atoms with E-state index in [0.717, 1.165) is 41.2 Å². The molecule has 0 saturated carbocycles. The minimum atomic E-state index is -0.528. The van der Waals surface area contributed by atoms with E-state index in [1.807, 2.05) is 80.3 Å². The van der Waals surface area contributed by atoms with Crippen LogP contribution in [0.2, 0.25) is 0 Å². The summed E-state index contributed by atoms with van der Waals surface area (Å²) in [7, 11) is 3.32. The van der Waals surface area contributed by atoms with Gasteiger partial charge in [0.15, 0.2) is 5.82 Å². The third-order valence-electron chi connectivity index (χ3n) is 6.87. The van der Waals surface area contributed by atoms with Crippen LogP contribution in [-0.2, 0) is 17.8 Å². The first kappa shape index (κ1) is 28.9. The SMILES string of the molecule is COc1ccc(CN(Cc2ccc(OC)cc2)c2nccc(NC[C@@H]3CCCN3C(=O)OC(C)(C)C)c2N)cc1. The molecule has 1 aliphatic rings. The maximum atomic E-state index is 12.7. The van der Waals surface area contributed by atoms with E-state index in [1.54, 1.807) is 20.4 Å². The van der Waals surface area contributed by atoms with E-state index in [1.165, 1.54) is 0 Å². The van der Waals surface area contributed by atoms with Gasteiger partial charge in [0.25, 0.3) is 0 Å². The molecule has 1 saturated heterocycles. The van der Waals surface area contributed by atoms with Crippen LogP contribution in [0, 0.1) is 0 Å². The highest BCUT2D eigenvalue weighted by Crippen LogP contribution is 2.32. The quantitative estimate of drug-likeness (QED) is 0.333. The first-order valence-electron chi connectivity index (χ1n) is 13.7. The van der Waals surface area contributed by atoms with Gasteiger partial charge in [-0.25, -0.2) is 9.78 Å². The predicted molar refractivity (Wildman–Crippen MR) is 159 cm³/mol. The number of carbonyl (C=O) groups is 1. The van der Waals surface area contributed by atoms with Gasteiger partial charge in [0, 0.05) is 32.4 Å². The molecule has 0 aliphatic carbocycles. The van der Waals surface area contributed by atoms with Crippen molar-refractivity contribution < 1.29 is 19.0 Å². The van der Waals surface area contributed by atoms with Crippen LogP contribution >= 0.6 is 0 Å². The summed E-state index contributed by atoms with van der Waals surface area (Å²) >= 11 is 0. The zero-order valence-electron chi connectivity index (χ0n) is 24.1. The number of hydrogen-bond donors (Lipinski definition) is 2. The molecule has 2 heterocycles. The number of methoxy groups -OCH3 is 2. The molecule has 40 heavy (non-hydrogen) atoms. The first-order valence-corrected chi connectivity index (χ1v) is 13.7. The number of ether oxygens (including phenoxy) is 3. The molecule has 214 valence electrons. The smallest absolute Gasteiger partial charge is 0.410 e. The Labute approximate surface area is 237 Å². The van der Waals surface area contributed by atoms with E-state index in [4.69, 9.17) is 19.9 Å². The topological polar surface area (TPSA) is 102 Å². The monoisotopic (exact) mass is 547 g/mol. The number of anilines is 3. The second-order valence-electron chi connectivity index (χ2n) is 11.0. The van der Waals surface area contributed by atoms with Crippen LogP contribution in [-0.4, -0.2) is 54.9 Å². The van der Waals surface area contributed by atoms with Crippen LogP contribution in [0.3, 0.4) is 0 Å². The number of nitrogen functional groups attached to an aromatic ring is 1. The average molecular weight is 548 g/mol. The minimum absolute atomic E-state index is 0.0283. The lowest BCUT2D eigenvalue weighted by molar-refractivity contribution is 0.0235. The lowest BCUT2D eigenvalue weighted by Crippen LogP contribution is -2.42. The Morgan fingerprint density at radius 2 is 1.57 bits per heavy atom. The summed E-state index contributed by atoms with van der Waals surface area (Å²) < 4.78 is 16.3. The fraction of sp³-hybridized carbons (Fsp3) is 0.419. The number of pyridine rings is 1. The van der Waals surface area contributed by atoms with Crippen molar-refractivity contribution in [3.63, 3.8) is 0 Å². The Morgan fingerprint density at radius 3 is 2.10 bits per heavy atom. The molecule has 2 aromatic carbocycles. The van der Waals surface area contributed by atoms with Crippen LogP contribution in [0.1, 0.15) is 44.7 Å². The molecule has 1 aliphatic heterocycles. The molecule has 9 nitrogen and oxygen atoms in total. The van der Waals surface area contributed by atoms with Crippen molar-refractivity contribution in [2.24, 2.45) is 0 Å². The van der Waals surface area contributed by atoms with Gasteiger partial charge >= 0.3 is 6.09 Å². The number of amides is 1. The molecule has 3 N–H and O–H groups in total. The van der Waals surface area contributed by atoms with Crippen molar-refractivity contribution >= 4 is 23.3 Å². The molecule has 0 radical (unpaired) electrons. The van der Waals surface area contributed by atoms with E-state index < -0.39 is 5.60 Å². The second-order valence-corrected chi connectivity index (χ2v) is 11.0. The number of aromatic nitrogens is 1. The second kappa shape index (κ2) is 12.8. The number of nitrogens with two attached hydrogens (primary N) is 1. The fourth-order valence-corrected chi connectivity index (χ4v) is 4.81. The molecule has 1 aromatic heterocycles. The normalized spacial score (nSPS) is 15.0. The van der Waals surface area contributed by atoms with Crippen molar-refractivity contribution in [3.8, 4) is 11.5 Å². The summed E-state index contributed by atoms with van der Waals surface area (Å²) in [6, 6.07) is 17.9. The highest BCUT2D eigenvalue weighted by atomic mass is 16.6. The molecule has 9 heteroatoms. The van der Waals surface area contributed by atoms with Crippen LogP contribution in [0.15, 0.2) is 60.8 Å². The standard InChI is InChI=1S/C31H41N5O4/c1-31(2,3)40-30(37)36-18-6-7-24(36)19-34-27-16-17-33-29(28(27)32)35(20-22-8-12-25(38-4)13-9-22)21-23-10-14-26(39-5)15-11-23/h8-17,24H,6-7,18-21,32H2,1-5H3,(H,33,34)/t24-/m0/s1. The van der Waals surface area contributed by atoms with Gasteiger partial charge in [-0.3, -0.25) is 0 Å². The number of rotatable bonds is 10. The molecule has 1 amide bonds. The summed E-state index contributed by atoms with van der Waals surface area (Å²) in [5.41, 5.74) is 9.76. The molecular weight excluding hydrogens is 506 g/mol. The Morgan fingerprint density at radius 1 is 1.00 bits per heavy atom. The number of likely N-dealkylation sites (tertiary alicyclic amines) is 1. The van der Waals surface area contributed by atoms with Crippen molar-refractivity contribution in [2.75, 3.05) is 43.3 Å². The Kier molecular flexibility index (Phi) is 9.24. The van der Waals surface area contributed by atoms with Crippen LogP contribution in [0.25, 0.3) is 0 Å². The minimum Gasteiger partial charge on any atom is -0.497 e. The van der Waals surface area contributed by atoms with Gasteiger partial charge in [0.1, 0.15) is 17.1 Å². The van der Waals surface area contributed by atoms with Crippen molar-refractivity contribution in [3.05, 3.63) is 71.9 Å². The lowest BCUT2D eigenvalue weighted by Gasteiger charge is -2.29. The number of hydrogen-bond acceptors (Lipinski definition) is 8. The average Bonchev–Trinajstić information content (AvgIpc) is 3.41. The Hall–Kier alpha value is -4.14. The number of nitrogens with zero attached hydrogens (tertiary/aromatic N) is 3. The van der Waals surface area contributed by atoms with E-state index in [9.17, 15) is 4.79 Å². The molecule has 3 aromatic rings. The van der Waals surface area contributed by atoms with Crippen LogP contribution in [0.5, 0.6) is 11.5 Å². The largest absolute Gasteiger partial charge is 0.497 e. The third-order valence-corrected chi connectivity index (χ3v) is 6.87. The maximum Gasteiger partial charge on any atom is 0.410 e. The zero-order chi connectivity index (χ0) is 28.7. The van der Waals surface area contributed by atoms with Gasteiger partial charge in [-0.2, -0.15) is 0 Å². The van der Waals surface area contributed by atoms with Gasteiger partial charge < -0.3 is 35.1 Å². The molecule has 4 rings (SSSR count). The number of carbonyl (C=O) groups excluding carboxylic acids is 1. The molecular formula is C31H41N5O4. The zero-order valence-corrected chi connectivity index (χ0v) is 24.1. The number of nitrogens with one attached hydrogen (secondary N) is 1. The van der Waals surface area contributed by atoms with Crippen LogP contribution in [0.4, 0.5) is 22.0 Å². The summed E-state index contributed by atoms with van der Waals surface area (Å²) in [5, 5.41) is 3.48. The third kappa shape index (κ3) is 7.49. The summed E-state index contributed by atoms with van der Waals surface area (Å²) in [6.45, 7) is 8.13. The summed E-state index contributed by atoms with van der Waals surface area (Å²) in [5.74, 6) is 2.30.